The van der Waals surface area contributed by atoms with E-state index in [1.165, 1.54) is 4.68 Å². The molecule has 0 bridgehead atoms. The molecule has 24 heavy (non-hydrogen) atoms. The lowest BCUT2D eigenvalue weighted by molar-refractivity contribution is -0.152. The van der Waals surface area contributed by atoms with Gasteiger partial charge in [0.25, 0.3) is 11.9 Å². The molecule has 2 rings (SSSR count). The third-order valence-corrected chi connectivity index (χ3v) is 3.42. The highest BCUT2D eigenvalue weighted by atomic mass is 16.5. The number of amides is 2. The summed E-state index contributed by atoms with van der Waals surface area (Å²) in [7, 11) is 0. The van der Waals surface area contributed by atoms with E-state index < -0.39 is 11.9 Å². The van der Waals surface area contributed by atoms with E-state index in [0.29, 0.717) is 17.8 Å². The van der Waals surface area contributed by atoms with Gasteiger partial charge in [0.1, 0.15) is 5.82 Å². The van der Waals surface area contributed by atoms with Gasteiger partial charge >= 0.3 is 11.9 Å². The maximum Gasteiger partial charge on any atom is 0.397 e. The van der Waals surface area contributed by atoms with Crippen molar-refractivity contribution in [3.05, 3.63) is 11.8 Å². The van der Waals surface area contributed by atoms with Crippen molar-refractivity contribution < 1.29 is 19.1 Å². The van der Waals surface area contributed by atoms with Gasteiger partial charge in [-0.2, -0.15) is 14.8 Å². The average molecular weight is 333 g/mol. The maximum absolute atomic E-state index is 12.1. The molecule has 1 N–H and O–H groups in total. The Bertz CT molecular complexity index is 747. The second kappa shape index (κ2) is 7.16. The van der Waals surface area contributed by atoms with E-state index in [0.717, 1.165) is 0 Å². The van der Waals surface area contributed by atoms with Crippen molar-refractivity contribution in [2.45, 2.75) is 34.1 Å². The quantitative estimate of drug-likeness (QED) is 0.652. The van der Waals surface area contributed by atoms with Crippen LogP contribution >= 0.6 is 0 Å². The van der Waals surface area contributed by atoms with Gasteiger partial charge in [0.15, 0.2) is 0 Å². The molecular weight excluding hydrogens is 314 g/mol. The zero-order chi connectivity index (χ0) is 17.9. The van der Waals surface area contributed by atoms with Crippen LogP contribution in [-0.4, -0.2) is 45.8 Å². The lowest BCUT2D eigenvalue weighted by atomic mass is 10.00. The number of esters is 1. The van der Waals surface area contributed by atoms with Gasteiger partial charge in [0.05, 0.1) is 18.2 Å². The van der Waals surface area contributed by atoms with Crippen LogP contribution in [0.3, 0.4) is 0 Å². The van der Waals surface area contributed by atoms with E-state index in [9.17, 15) is 14.4 Å². The van der Waals surface area contributed by atoms with Crippen molar-refractivity contribution in [1.29, 1.82) is 0 Å². The van der Waals surface area contributed by atoms with Gasteiger partial charge in [-0.3, -0.25) is 9.59 Å². The lowest BCUT2D eigenvalue weighted by Crippen LogP contribution is -2.31. The Labute approximate surface area is 138 Å². The smallest absolute Gasteiger partial charge is 0.397 e. The Morgan fingerprint density at radius 3 is 2.58 bits per heavy atom. The normalized spacial score (nSPS) is 17.2. The number of aliphatic imine (C=N–C) groups is 2. The molecule has 0 saturated carbocycles. The topological polar surface area (TPSA) is 115 Å². The molecule has 128 valence electrons. The van der Waals surface area contributed by atoms with Gasteiger partial charge < -0.3 is 10.1 Å². The molecule has 1 aromatic rings. The highest BCUT2D eigenvalue weighted by molar-refractivity contribution is 6.37. The number of carbonyl (C=O) groups excluding carboxylic acids is 3. The Morgan fingerprint density at radius 1 is 1.29 bits per heavy atom. The summed E-state index contributed by atoms with van der Waals surface area (Å²) in [6.45, 7) is 7.02. The van der Waals surface area contributed by atoms with E-state index in [-0.39, 0.29) is 30.2 Å². The molecule has 1 aliphatic heterocycles. The van der Waals surface area contributed by atoms with Crippen LogP contribution in [0.4, 0.5) is 5.82 Å². The van der Waals surface area contributed by atoms with Crippen LogP contribution in [0, 0.1) is 12.8 Å². The number of aryl methyl sites for hydroxylation is 1. The largest absolute Gasteiger partial charge is 0.459 e. The number of carbonyl (C=O) groups is 3. The standard InChI is InChI=1S/C15H19N5O4/c1-5-10-9(4)16-15(18-12(10)21)20-11(7-8(3)19-20)17-13(22)14(23)24-6-2/h7,10H,5-6H2,1-4H3,(H,17,22). The average Bonchev–Trinajstić information content (AvgIpc) is 2.87. The zero-order valence-corrected chi connectivity index (χ0v) is 14.0. The number of hydrogen-bond donors (Lipinski definition) is 1. The summed E-state index contributed by atoms with van der Waals surface area (Å²) >= 11 is 0. The van der Waals surface area contributed by atoms with Crippen molar-refractivity contribution >= 4 is 35.3 Å². The fourth-order valence-corrected chi connectivity index (χ4v) is 2.29. The van der Waals surface area contributed by atoms with Crippen LogP contribution in [-0.2, 0) is 19.1 Å². The highest BCUT2D eigenvalue weighted by Crippen LogP contribution is 2.17. The van der Waals surface area contributed by atoms with Gasteiger partial charge in [-0.25, -0.2) is 9.79 Å². The Morgan fingerprint density at radius 2 is 2.00 bits per heavy atom. The summed E-state index contributed by atoms with van der Waals surface area (Å²) < 4.78 is 5.86. The Hall–Kier alpha value is -2.84. The lowest BCUT2D eigenvalue weighted by Gasteiger charge is -2.17. The van der Waals surface area contributed by atoms with Crippen LogP contribution in [0.25, 0.3) is 0 Å². The summed E-state index contributed by atoms with van der Waals surface area (Å²) in [5.41, 5.74) is 1.19. The van der Waals surface area contributed by atoms with Gasteiger partial charge in [-0.05, 0) is 27.2 Å². The SMILES string of the molecule is CCOC(=O)C(=O)Nc1cc(C)nn1C1=NC(=O)C(CC)C(C)=N1. The van der Waals surface area contributed by atoms with Crippen LogP contribution in [0.5, 0.6) is 0 Å². The number of nitrogens with zero attached hydrogens (tertiary/aromatic N) is 4. The molecule has 2 amide bonds. The Kier molecular flexibility index (Phi) is 5.22. The number of nitrogens with one attached hydrogen (secondary N) is 1. The van der Waals surface area contributed by atoms with Crippen LogP contribution in [0.1, 0.15) is 32.9 Å². The summed E-state index contributed by atoms with van der Waals surface area (Å²) in [4.78, 5) is 43.6. The van der Waals surface area contributed by atoms with Crippen molar-refractivity contribution in [3.8, 4) is 0 Å². The molecule has 0 fully saturated rings. The third-order valence-electron chi connectivity index (χ3n) is 3.42. The molecular formula is C15H19N5O4. The predicted octanol–water partition coefficient (Wildman–Crippen LogP) is 0.925. The highest BCUT2D eigenvalue weighted by Gasteiger charge is 2.27. The van der Waals surface area contributed by atoms with Crippen molar-refractivity contribution in [2.75, 3.05) is 11.9 Å². The van der Waals surface area contributed by atoms with Crippen LogP contribution < -0.4 is 5.32 Å². The van der Waals surface area contributed by atoms with Gasteiger partial charge in [-0.15, -0.1) is 0 Å². The second-order valence-electron chi connectivity index (χ2n) is 5.22. The summed E-state index contributed by atoms with van der Waals surface area (Å²) in [6, 6.07) is 1.54. The number of hydrogen-bond acceptors (Lipinski definition) is 6. The molecule has 0 aromatic carbocycles. The minimum Gasteiger partial charge on any atom is -0.459 e. The summed E-state index contributed by atoms with van der Waals surface area (Å²) in [5, 5.41) is 6.57. The Balaban J connectivity index is 2.31. The molecule has 1 atom stereocenters. The van der Waals surface area contributed by atoms with Crippen LogP contribution in [0.15, 0.2) is 16.1 Å². The summed E-state index contributed by atoms with van der Waals surface area (Å²) in [6.07, 6.45) is 0.607. The van der Waals surface area contributed by atoms with E-state index in [1.54, 1.807) is 26.8 Å². The number of anilines is 1. The van der Waals surface area contributed by atoms with Crippen molar-refractivity contribution in [2.24, 2.45) is 15.9 Å². The van der Waals surface area contributed by atoms with Crippen LogP contribution in [0.2, 0.25) is 0 Å². The number of aromatic nitrogens is 2. The minimum atomic E-state index is -1.00. The van der Waals surface area contributed by atoms with Crippen molar-refractivity contribution in [1.82, 2.24) is 9.78 Å². The first-order valence-electron chi connectivity index (χ1n) is 7.60. The van der Waals surface area contributed by atoms with E-state index in [2.05, 4.69) is 25.1 Å². The van der Waals surface area contributed by atoms with Crippen molar-refractivity contribution in [3.63, 3.8) is 0 Å². The van der Waals surface area contributed by atoms with E-state index in [4.69, 9.17) is 0 Å². The fourth-order valence-electron chi connectivity index (χ4n) is 2.29. The summed E-state index contributed by atoms with van der Waals surface area (Å²) in [5.74, 6) is -2.36. The molecule has 9 nitrogen and oxygen atoms in total. The number of ether oxygens (including phenoxy) is 1. The molecule has 9 heteroatoms. The molecule has 1 unspecified atom stereocenters. The zero-order valence-electron chi connectivity index (χ0n) is 14.0. The monoisotopic (exact) mass is 333 g/mol. The predicted molar refractivity (Wildman–Crippen MR) is 87.0 cm³/mol. The maximum atomic E-state index is 12.1. The van der Waals surface area contributed by atoms with E-state index in [1.807, 2.05) is 6.92 Å². The van der Waals surface area contributed by atoms with E-state index >= 15 is 0 Å². The second-order valence-corrected chi connectivity index (χ2v) is 5.22. The van der Waals surface area contributed by atoms with Gasteiger partial charge in [0.2, 0.25) is 0 Å². The molecule has 1 aromatic heterocycles. The molecule has 0 radical (unpaired) electrons. The van der Waals surface area contributed by atoms with Gasteiger partial charge in [-0.1, -0.05) is 6.92 Å². The van der Waals surface area contributed by atoms with Gasteiger partial charge in [0, 0.05) is 11.8 Å². The molecule has 0 spiro atoms. The first kappa shape index (κ1) is 17.5. The fraction of sp³-hybridized carbons (Fsp3) is 0.467. The molecule has 0 aliphatic carbocycles. The third kappa shape index (κ3) is 3.55. The number of rotatable bonds is 3. The molecule has 1 aliphatic rings. The first-order chi connectivity index (χ1) is 11.4. The molecule has 2 heterocycles. The minimum absolute atomic E-state index is 0.0504. The molecule has 0 saturated heterocycles. The first-order valence-corrected chi connectivity index (χ1v) is 7.60.